The lowest BCUT2D eigenvalue weighted by molar-refractivity contribution is -0.141. The minimum absolute atomic E-state index is 0.0296. The molecule has 0 saturated carbocycles. The quantitative estimate of drug-likeness (QED) is 0.628. The van der Waals surface area contributed by atoms with Crippen molar-refractivity contribution >= 4 is 5.97 Å². The number of alkyl halides is 3. The molecule has 0 fully saturated rings. The Morgan fingerprint density at radius 1 is 1.33 bits per heavy atom. The van der Waals surface area contributed by atoms with Crippen molar-refractivity contribution in [3.63, 3.8) is 0 Å². The van der Waals surface area contributed by atoms with Crippen molar-refractivity contribution in [2.45, 2.75) is 25.9 Å². The van der Waals surface area contributed by atoms with Crippen LogP contribution in [0.3, 0.4) is 0 Å². The van der Waals surface area contributed by atoms with Gasteiger partial charge in [0.05, 0.1) is 12.2 Å². The average Bonchev–Trinajstić information content (AvgIpc) is 2.45. The number of allylic oxidation sites excluding steroid dienone is 2. The van der Waals surface area contributed by atoms with E-state index in [0.717, 1.165) is 31.2 Å². The molecule has 0 bridgehead atoms. The molecule has 2 rings (SSSR count). The number of esters is 1. The minimum Gasteiger partial charge on any atom is -0.462 e. The van der Waals surface area contributed by atoms with Gasteiger partial charge < -0.3 is 4.74 Å². The van der Waals surface area contributed by atoms with Gasteiger partial charge in [0.15, 0.2) is 0 Å². The fourth-order valence-electron chi connectivity index (χ4n) is 2.19. The van der Waals surface area contributed by atoms with Crippen molar-refractivity contribution in [1.29, 1.82) is 0 Å². The number of hydrogen-bond donors (Lipinski definition) is 0. The smallest absolute Gasteiger partial charge is 0.433 e. The zero-order valence-electron chi connectivity index (χ0n) is 11.6. The number of carbonyl (C=O) groups is 1. The number of rotatable bonds is 3. The van der Waals surface area contributed by atoms with Crippen LogP contribution >= 0.6 is 0 Å². The maximum atomic E-state index is 12.4. The first-order valence-corrected chi connectivity index (χ1v) is 6.73. The first-order chi connectivity index (χ1) is 9.88. The van der Waals surface area contributed by atoms with Crippen LogP contribution in [0.5, 0.6) is 0 Å². The average molecular weight is 299 g/mol. The Bertz CT molecular complexity index is 523. The summed E-state index contributed by atoms with van der Waals surface area (Å²) < 4.78 is 42.3. The van der Waals surface area contributed by atoms with Crippen LogP contribution in [0.2, 0.25) is 0 Å². The van der Waals surface area contributed by atoms with Gasteiger partial charge in [0.25, 0.3) is 0 Å². The number of pyridine rings is 1. The highest BCUT2D eigenvalue weighted by atomic mass is 19.4. The molecule has 3 nitrogen and oxygen atoms in total. The van der Waals surface area contributed by atoms with Crippen LogP contribution < -0.4 is 0 Å². The Morgan fingerprint density at radius 2 is 2.05 bits per heavy atom. The number of aromatic nitrogens is 1. The van der Waals surface area contributed by atoms with Gasteiger partial charge in [-0.05, 0) is 36.8 Å². The minimum atomic E-state index is -4.51. The highest BCUT2D eigenvalue weighted by molar-refractivity contribution is 5.88. The molecule has 6 heteroatoms. The molecular weight excluding hydrogens is 283 g/mol. The van der Waals surface area contributed by atoms with Crippen LogP contribution in [0.25, 0.3) is 0 Å². The second kappa shape index (κ2) is 6.28. The molecule has 21 heavy (non-hydrogen) atoms. The van der Waals surface area contributed by atoms with Crippen molar-refractivity contribution in [3.05, 3.63) is 41.7 Å². The Hall–Kier alpha value is -1.85. The van der Waals surface area contributed by atoms with E-state index in [9.17, 15) is 18.0 Å². The summed E-state index contributed by atoms with van der Waals surface area (Å²) in [6, 6.07) is 1.87. The monoisotopic (exact) mass is 299 g/mol. The maximum absolute atomic E-state index is 12.4. The molecule has 2 unspecified atom stereocenters. The second-order valence-corrected chi connectivity index (χ2v) is 5.21. The summed E-state index contributed by atoms with van der Waals surface area (Å²) in [6.45, 7) is 2.35. The van der Waals surface area contributed by atoms with Gasteiger partial charge in [-0.1, -0.05) is 19.1 Å². The lowest BCUT2D eigenvalue weighted by Crippen LogP contribution is -2.21. The van der Waals surface area contributed by atoms with Crippen molar-refractivity contribution in [1.82, 2.24) is 4.98 Å². The van der Waals surface area contributed by atoms with Gasteiger partial charge >= 0.3 is 12.1 Å². The lowest BCUT2D eigenvalue weighted by atomic mass is 9.85. The zero-order valence-corrected chi connectivity index (χ0v) is 11.6. The number of ether oxygens (including phenoxy) is 1. The third-order valence-corrected chi connectivity index (χ3v) is 3.64. The molecule has 1 aromatic rings. The summed E-state index contributed by atoms with van der Waals surface area (Å²) in [5, 5.41) is 0. The van der Waals surface area contributed by atoms with E-state index < -0.39 is 17.8 Å². The van der Waals surface area contributed by atoms with Gasteiger partial charge in [-0.2, -0.15) is 13.2 Å². The SMILES string of the molecule is CC1CC=CCC1COC(=O)c1ccc(C(F)(F)F)nc1. The highest BCUT2D eigenvalue weighted by Gasteiger charge is 2.32. The van der Waals surface area contributed by atoms with Crippen molar-refractivity contribution in [2.75, 3.05) is 6.61 Å². The molecule has 114 valence electrons. The third-order valence-electron chi connectivity index (χ3n) is 3.64. The molecule has 1 aliphatic carbocycles. The maximum Gasteiger partial charge on any atom is 0.433 e. The largest absolute Gasteiger partial charge is 0.462 e. The van der Waals surface area contributed by atoms with Crippen LogP contribution in [0.15, 0.2) is 30.5 Å². The van der Waals surface area contributed by atoms with Crippen LogP contribution in [-0.4, -0.2) is 17.6 Å². The van der Waals surface area contributed by atoms with E-state index in [1.165, 1.54) is 0 Å². The molecule has 0 amide bonds. The molecule has 1 heterocycles. The highest BCUT2D eigenvalue weighted by Crippen LogP contribution is 2.28. The molecular formula is C15H16F3NO2. The van der Waals surface area contributed by atoms with E-state index in [0.29, 0.717) is 5.92 Å². The topological polar surface area (TPSA) is 39.2 Å². The summed E-state index contributed by atoms with van der Waals surface area (Å²) in [6.07, 6.45) is 2.34. The summed E-state index contributed by atoms with van der Waals surface area (Å²) in [7, 11) is 0. The summed E-state index contributed by atoms with van der Waals surface area (Å²) in [5.41, 5.74) is -0.993. The van der Waals surface area contributed by atoms with Gasteiger partial charge in [-0.25, -0.2) is 4.79 Å². The van der Waals surface area contributed by atoms with Crippen LogP contribution in [0.4, 0.5) is 13.2 Å². The normalized spacial score (nSPS) is 22.1. The van der Waals surface area contributed by atoms with Crippen LogP contribution in [0.1, 0.15) is 35.8 Å². The van der Waals surface area contributed by atoms with Crippen LogP contribution in [-0.2, 0) is 10.9 Å². The predicted octanol–water partition coefficient (Wildman–Crippen LogP) is 3.86. The van der Waals surface area contributed by atoms with Gasteiger partial charge in [0, 0.05) is 6.20 Å². The molecule has 1 aromatic heterocycles. The van der Waals surface area contributed by atoms with Gasteiger partial charge in [-0.15, -0.1) is 0 Å². The third kappa shape index (κ3) is 4.06. The van der Waals surface area contributed by atoms with Crippen molar-refractivity contribution < 1.29 is 22.7 Å². The summed E-state index contributed by atoms with van der Waals surface area (Å²) in [5.74, 6) is 0.0351. The number of carbonyl (C=O) groups excluding carboxylic acids is 1. The first kappa shape index (κ1) is 15.5. The molecule has 0 N–H and O–H groups in total. The predicted molar refractivity (Wildman–Crippen MR) is 70.5 cm³/mol. The van der Waals surface area contributed by atoms with E-state index in [1.807, 2.05) is 0 Å². The Morgan fingerprint density at radius 3 is 2.62 bits per heavy atom. The Balaban J connectivity index is 1.93. The molecule has 0 spiro atoms. The first-order valence-electron chi connectivity index (χ1n) is 6.73. The van der Waals surface area contributed by atoms with Gasteiger partial charge in [0.2, 0.25) is 0 Å². The Kier molecular flexibility index (Phi) is 4.65. The number of hydrogen-bond acceptors (Lipinski definition) is 3. The number of halogens is 3. The second-order valence-electron chi connectivity index (χ2n) is 5.21. The van der Waals surface area contributed by atoms with E-state index in [2.05, 4.69) is 24.1 Å². The molecule has 0 radical (unpaired) electrons. The van der Waals surface area contributed by atoms with Crippen LogP contribution in [0, 0.1) is 11.8 Å². The van der Waals surface area contributed by atoms with E-state index in [-0.39, 0.29) is 18.1 Å². The Labute approximate surface area is 120 Å². The lowest BCUT2D eigenvalue weighted by Gasteiger charge is -2.24. The van der Waals surface area contributed by atoms with E-state index in [4.69, 9.17) is 4.74 Å². The van der Waals surface area contributed by atoms with Gasteiger partial charge in [-0.3, -0.25) is 4.98 Å². The molecule has 2 atom stereocenters. The van der Waals surface area contributed by atoms with E-state index >= 15 is 0 Å². The fourth-order valence-corrected chi connectivity index (χ4v) is 2.19. The number of nitrogens with zero attached hydrogens (tertiary/aromatic N) is 1. The van der Waals surface area contributed by atoms with Gasteiger partial charge in [0.1, 0.15) is 5.69 Å². The molecule has 0 aliphatic heterocycles. The van der Waals surface area contributed by atoms with Crippen molar-refractivity contribution in [3.8, 4) is 0 Å². The zero-order chi connectivity index (χ0) is 15.5. The van der Waals surface area contributed by atoms with E-state index in [1.54, 1.807) is 0 Å². The molecule has 0 aromatic carbocycles. The van der Waals surface area contributed by atoms with Crippen molar-refractivity contribution in [2.24, 2.45) is 11.8 Å². The molecule has 0 saturated heterocycles. The molecule has 1 aliphatic rings. The fraction of sp³-hybridized carbons (Fsp3) is 0.467. The summed E-state index contributed by atoms with van der Waals surface area (Å²) >= 11 is 0. The standard InChI is InChI=1S/C15H16F3NO2/c1-10-4-2-3-5-12(10)9-21-14(20)11-6-7-13(19-8-11)15(16,17)18/h2-3,6-8,10,12H,4-5,9H2,1H3. The summed E-state index contributed by atoms with van der Waals surface area (Å²) in [4.78, 5) is 15.0.